The summed E-state index contributed by atoms with van der Waals surface area (Å²) in [7, 11) is -3.86. The number of nitrogens with zero attached hydrogens (tertiary/aromatic N) is 1. The molecule has 0 bridgehead atoms. The van der Waals surface area contributed by atoms with Crippen LogP contribution in [0.5, 0.6) is 0 Å². The second-order valence-electron chi connectivity index (χ2n) is 3.15. The summed E-state index contributed by atoms with van der Waals surface area (Å²) < 4.78 is 38.8. The van der Waals surface area contributed by atoms with Crippen molar-refractivity contribution in [2.45, 2.75) is 23.2 Å². The van der Waals surface area contributed by atoms with Crippen LogP contribution in [0, 0.1) is 5.82 Å². The molecule has 0 saturated carbocycles. The first-order chi connectivity index (χ1) is 7.47. The second kappa shape index (κ2) is 5.70. The third-order valence-corrected chi connectivity index (χ3v) is 4.24. The Kier molecular flexibility index (Phi) is 4.82. The molecule has 1 heterocycles. The van der Waals surface area contributed by atoms with Gasteiger partial charge in [-0.2, -0.15) is 0 Å². The maximum Gasteiger partial charge on any atom is 0.261 e. The molecule has 1 aromatic rings. The summed E-state index contributed by atoms with van der Waals surface area (Å²) in [6.07, 6.45) is 2.01. The fraction of sp³-hybridized carbons (Fsp3) is 0.444. The Labute approximate surface area is 102 Å². The third kappa shape index (κ3) is 3.50. The molecule has 1 atom stereocenters. The van der Waals surface area contributed by atoms with Gasteiger partial charge in [0.05, 0.1) is 0 Å². The highest BCUT2D eigenvalue weighted by atomic mass is 79.9. The largest absolute Gasteiger partial charge is 0.261 e. The van der Waals surface area contributed by atoms with E-state index >= 15 is 0 Å². The van der Waals surface area contributed by atoms with E-state index in [0.717, 1.165) is 12.5 Å². The van der Waals surface area contributed by atoms with Crippen molar-refractivity contribution in [3.63, 3.8) is 0 Å². The average molecular weight is 311 g/mol. The minimum atomic E-state index is -3.86. The monoisotopic (exact) mass is 310 g/mol. The normalized spacial score (nSPS) is 13.7. The molecule has 0 spiro atoms. The zero-order valence-electron chi connectivity index (χ0n) is 8.65. The van der Waals surface area contributed by atoms with Crippen molar-refractivity contribution >= 4 is 26.0 Å². The van der Waals surface area contributed by atoms with Gasteiger partial charge in [-0.25, -0.2) is 22.5 Å². The third-order valence-electron chi connectivity index (χ3n) is 1.92. The molecule has 0 amide bonds. The van der Waals surface area contributed by atoms with E-state index in [9.17, 15) is 12.8 Å². The quantitative estimate of drug-likeness (QED) is 0.842. The molecule has 1 unspecified atom stereocenters. The van der Waals surface area contributed by atoms with E-state index in [2.05, 4.69) is 25.6 Å². The van der Waals surface area contributed by atoms with Gasteiger partial charge < -0.3 is 0 Å². The number of alkyl halides is 1. The standard InChI is InChI=1S/C9H12BrFN2O2S/c1-2-7(10)6-13-16(14,15)9-8(11)4-3-5-12-9/h3-5,7,13H,2,6H2,1H3. The van der Waals surface area contributed by atoms with Crippen LogP contribution in [0.2, 0.25) is 0 Å². The number of halogens is 2. The molecule has 0 saturated heterocycles. The van der Waals surface area contributed by atoms with Crippen LogP contribution in [-0.2, 0) is 10.0 Å². The smallest absolute Gasteiger partial charge is 0.241 e. The summed E-state index contributed by atoms with van der Waals surface area (Å²) >= 11 is 3.28. The average Bonchev–Trinajstić information content (AvgIpc) is 2.26. The van der Waals surface area contributed by atoms with Crippen LogP contribution in [0.3, 0.4) is 0 Å². The number of aromatic nitrogens is 1. The van der Waals surface area contributed by atoms with Crippen LogP contribution in [0.1, 0.15) is 13.3 Å². The summed E-state index contributed by atoms with van der Waals surface area (Å²) in [5.74, 6) is -0.849. The summed E-state index contributed by atoms with van der Waals surface area (Å²) in [4.78, 5) is 3.54. The first kappa shape index (κ1) is 13.5. The molecular formula is C9H12BrFN2O2S. The number of rotatable bonds is 5. The van der Waals surface area contributed by atoms with Gasteiger partial charge >= 0.3 is 0 Å². The van der Waals surface area contributed by atoms with Gasteiger partial charge in [0.2, 0.25) is 5.03 Å². The fourth-order valence-corrected chi connectivity index (χ4v) is 2.44. The molecule has 16 heavy (non-hydrogen) atoms. The van der Waals surface area contributed by atoms with Crippen LogP contribution in [-0.4, -0.2) is 24.8 Å². The highest BCUT2D eigenvalue weighted by molar-refractivity contribution is 9.09. The number of nitrogens with one attached hydrogen (secondary N) is 1. The molecule has 4 nitrogen and oxygen atoms in total. The van der Waals surface area contributed by atoms with E-state index in [-0.39, 0.29) is 11.4 Å². The Hall–Kier alpha value is -0.530. The fourth-order valence-electron chi connectivity index (χ4n) is 0.982. The lowest BCUT2D eigenvalue weighted by Gasteiger charge is -2.09. The molecular weight excluding hydrogens is 299 g/mol. The maximum atomic E-state index is 13.2. The number of pyridine rings is 1. The number of sulfonamides is 1. The lowest BCUT2D eigenvalue weighted by Crippen LogP contribution is -2.30. The van der Waals surface area contributed by atoms with Gasteiger partial charge in [-0.05, 0) is 18.6 Å². The topological polar surface area (TPSA) is 59.1 Å². The predicted molar refractivity (Wildman–Crippen MR) is 62.4 cm³/mol. The minimum absolute atomic E-state index is 0.0223. The van der Waals surface area contributed by atoms with Gasteiger partial charge in [-0.3, -0.25) is 0 Å². The van der Waals surface area contributed by atoms with E-state index < -0.39 is 20.9 Å². The molecule has 0 aliphatic rings. The lowest BCUT2D eigenvalue weighted by atomic mass is 10.3. The van der Waals surface area contributed by atoms with Crippen LogP contribution in [0.25, 0.3) is 0 Å². The highest BCUT2D eigenvalue weighted by Crippen LogP contribution is 2.10. The van der Waals surface area contributed by atoms with Gasteiger partial charge in [0.15, 0.2) is 5.82 Å². The van der Waals surface area contributed by atoms with Crippen molar-refractivity contribution in [2.75, 3.05) is 6.54 Å². The van der Waals surface area contributed by atoms with Crippen LogP contribution in [0.15, 0.2) is 23.4 Å². The molecule has 0 aromatic carbocycles. The lowest BCUT2D eigenvalue weighted by molar-refractivity contribution is 0.544. The van der Waals surface area contributed by atoms with E-state index in [0.29, 0.717) is 0 Å². The van der Waals surface area contributed by atoms with Gasteiger partial charge in [-0.1, -0.05) is 22.9 Å². The predicted octanol–water partition coefficient (Wildman–Crippen LogP) is 1.67. The molecule has 0 aliphatic carbocycles. The Balaban J connectivity index is 2.83. The van der Waals surface area contributed by atoms with E-state index in [4.69, 9.17) is 0 Å². The second-order valence-corrected chi connectivity index (χ2v) is 6.13. The van der Waals surface area contributed by atoms with E-state index in [1.54, 1.807) is 0 Å². The Morgan fingerprint density at radius 3 is 2.88 bits per heavy atom. The first-order valence-corrected chi connectivity index (χ1v) is 7.11. The van der Waals surface area contributed by atoms with Crippen molar-refractivity contribution in [1.29, 1.82) is 0 Å². The van der Waals surface area contributed by atoms with Crippen molar-refractivity contribution in [1.82, 2.24) is 9.71 Å². The molecule has 0 aliphatic heterocycles. The van der Waals surface area contributed by atoms with Crippen molar-refractivity contribution < 1.29 is 12.8 Å². The first-order valence-electron chi connectivity index (χ1n) is 4.71. The van der Waals surface area contributed by atoms with E-state index in [1.165, 1.54) is 12.3 Å². The van der Waals surface area contributed by atoms with Gasteiger partial charge in [-0.15, -0.1) is 0 Å². The van der Waals surface area contributed by atoms with Crippen molar-refractivity contribution in [3.05, 3.63) is 24.1 Å². The summed E-state index contributed by atoms with van der Waals surface area (Å²) in [6, 6.07) is 2.40. The van der Waals surface area contributed by atoms with E-state index in [1.807, 2.05) is 6.92 Å². The zero-order chi connectivity index (χ0) is 12.2. The van der Waals surface area contributed by atoms with Gasteiger partial charge in [0.1, 0.15) is 0 Å². The Morgan fingerprint density at radius 1 is 1.62 bits per heavy atom. The molecule has 1 N–H and O–H groups in total. The van der Waals surface area contributed by atoms with Gasteiger partial charge in [0.25, 0.3) is 10.0 Å². The summed E-state index contributed by atoms with van der Waals surface area (Å²) in [5.41, 5.74) is 0. The molecule has 1 rings (SSSR count). The number of hydrogen-bond acceptors (Lipinski definition) is 3. The Morgan fingerprint density at radius 2 is 2.31 bits per heavy atom. The van der Waals surface area contributed by atoms with Crippen LogP contribution in [0.4, 0.5) is 4.39 Å². The van der Waals surface area contributed by atoms with Crippen molar-refractivity contribution in [3.8, 4) is 0 Å². The van der Waals surface area contributed by atoms with Crippen LogP contribution < -0.4 is 4.72 Å². The maximum absolute atomic E-state index is 13.2. The molecule has 7 heteroatoms. The molecule has 90 valence electrons. The number of hydrogen-bond donors (Lipinski definition) is 1. The zero-order valence-corrected chi connectivity index (χ0v) is 11.1. The molecule has 1 aromatic heterocycles. The minimum Gasteiger partial charge on any atom is -0.241 e. The van der Waals surface area contributed by atoms with Crippen LogP contribution >= 0.6 is 15.9 Å². The van der Waals surface area contributed by atoms with Gasteiger partial charge in [0, 0.05) is 17.6 Å². The van der Waals surface area contributed by atoms with Crippen molar-refractivity contribution in [2.24, 2.45) is 0 Å². The summed E-state index contributed by atoms with van der Waals surface area (Å²) in [6.45, 7) is 2.11. The molecule has 0 fully saturated rings. The molecule has 0 radical (unpaired) electrons. The Bertz CT molecular complexity index is 453. The SMILES string of the molecule is CCC(Br)CNS(=O)(=O)c1ncccc1F. The summed E-state index contributed by atoms with van der Waals surface area (Å²) in [5, 5.41) is -0.564. The highest BCUT2D eigenvalue weighted by Gasteiger charge is 2.20.